The SMILES string of the molecule is CCC(Oc1c(-c2ccc(OC)c(OC)c2)oc2ccccc2c1=O)C(=O)Nc1c(C#N)cnn1-c1ccccc1. The molecular formula is C31H26N4O6. The number of nitriles is 1. The molecule has 206 valence electrons. The minimum Gasteiger partial charge on any atom is -0.493 e. The minimum absolute atomic E-state index is 0.130. The van der Waals surface area contributed by atoms with E-state index in [1.54, 1.807) is 61.5 Å². The van der Waals surface area contributed by atoms with Gasteiger partial charge in [0.2, 0.25) is 11.2 Å². The number of para-hydroxylation sites is 2. The van der Waals surface area contributed by atoms with E-state index < -0.39 is 17.4 Å². The Hall–Kier alpha value is -5.56. The molecule has 0 bridgehead atoms. The van der Waals surface area contributed by atoms with Crippen molar-refractivity contribution in [2.45, 2.75) is 19.4 Å². The average molecular weight is 551 g/mol. The molecule has 1 N–H and O–H groups in total. The molecule has 0 saturated carbocycles. The van der Waals surface area contributed by atoms with Gasteiger partial charge < -0.3 is 23.9 Å². The molecule has 0 saturated heterocycles. The van der Waals surface area contributed by atoms with Crippen molar-refractivity contribution in [3.63, 3.8) is 0 Å². The third kappa shape index (κ3) is 5.21. The van der Waals surface area contributed by atoms with Gasteiger partial charge in [0.1, 0.15) is 17.2 Å². The molecule has 0 aliphatic carbocycles. The van der Waals surface area contributed by atoms with Crippen molar-refractivity contribution >= 4 is 22.7 Å². The Bertz CT molecular complexity index is 1820. The van der Waals surface area contributed by atoms with Gasteiger partial charge in [0.15, 0.2) is 29.2 Å². The molecule has 2 aromatic heterocycles. The fraction of sp³-hybridized carbons (Fsp3) is 0.161. The monoisotopic (exact) mass is 550 g/mol. The fourth-order valence-corrected chi connectivity index (χ4v) is 4.38. The van der Waals surface area contributed by atoms with E-state index >= 15 is 0 Å². The number of hydrogen-bond acceptors (Lipinski definition) is 8. The molecule has 1 atom stereocenters. The highest BCUT2D eigenvalue weighted by Crippen LogP contribution is 2.37. The number of aromatic nitrogens is 2. The molecule has 1 amide bonds. The molecule has 0 aliphatic heterocycles. The van der Waals surface area contributed by atoms with Crippen LogP contribution in [0, 0.1) is 11.3 Å². The number of methoxy groups -OCH3 is 2. The molecule has 0 aliphatic rings. The van der Waals surface area contributed by atoms with Gasteiger partial charge in [-0.15, -0.1) is 0 Å². The summed E-state index contributed by atoms with van der Waals surface area (Å²) in [4.78, 5) is 27.2. The van der Waals surface area contributed by atoms with Gasteiger partial charge in [-0.1, -0.05) is 37.3 Å². The van der Waals surface area contributed by atoms with Gasteiger partial charge in [-0.25, -0.2) is 4.68 Å². The molecule has 5 aromatic rings. The van der Waals surface area contributed by atoms with Crippen LogP contribution in [0.1, 0.15) is 18.9 Å². The van der Waals surface area contributed by atoms with Crippen LogP contribution in [0.15, 0.2) is 88.2 Å². The molecule has 0 radical (unpaired) electrons. The summed E-state index contributed by atoms with van der Waals surface area (Å²) in [5.41, 5.74) is 1.25. The molecule has 2 heterocycles. The number of amides is 1. The van der Waals surface area contributed by atoms with Gasteiger partial charge in [-0.2, -0.15) is 10.4 Å². The van der Waals surface area contributed by atoms with Gasteiger partial charge >= 0.3 is 0 Å². The van der Waals surface area contributed by atoms with E-state index in [0.29, 0.717) is 33.7 Å². The Balaban J connectivity index is 1.56. The number of anilines is 1. The van der Waals surface area contributed by atoms with Crippen molar-refractivity contribution in [3.05, 3.63) is 94.8 Å². The van der Waals surface area contributed by atoms with Crippen LogP contribution in [-0.4, -0.2) is 36.0 Å². The number of nitrogens with one attached hydrogen (secondary N) is 1. The normalized spacial score (nSPS) is 11.5. The maximum absolute atomic E-state index is 13.7. The number of rotatable bonds is 9. The van der Waals surface area contributed by atoms with Crippen LogP contribution in [0.4, 0.5) is 5.82 Å². The third-order valence-electron chi connectivity index (χ3n) is 6.46. The summed E-state index contributed by atoms with van der Waals surface area (Å²) in [5.74, 6) is 0.553. The van der Waals surface area contributed by atoms with Crippen LogP contribution in [0.25, 0.3) is 28.0 Å². The van der Waals surface area contributed by atoms with Gasteiger partial charge in [-0.3, -0.25) is 9.59 Å². The summed E-state index contributed by atoms with van der Waals surface area (Å²) in [6, 6.07) is 23.0. The van der Waals surface area contributed by atoms with E-state index in [2.05, 4.69) is 16.5 Å². The van der Waals surface area contributed by atoms with E-state index in [9.17, 15) is 14.9 Å². The minimum atomic E-state index is -1.11. The predicted octanol–water partition coefficient (Wildman–Crippen LogP) is 5.33. The lowest BCUT2D eigenvalue weighted by Crippen LogP contribution is -2.34. The zero-order chi connectivity index (χ0) is 28.9. The Morgan fingerprint density at radius 3 is 2.49 bits per heavy atom. The van der Waals surface area contributed by atoms with E-state index in [1.807, 2.05) is 18.2 Å². The Morgan fingerprint density at radius 1 is 1.05 bits per heavy atom. The largest absolute Gasteiger partial charge is 0.493 e. The average Bonchev–Trinajstić information content (AvgIpc) is 3.42. The van der Waals surface area contributed by atoms with Crippen LogP contribution >= 0.6 is 0 Å². The van der Waals surface area contributed by atoms with Crippen molar-refractivity contribution in [1.29, 1.82) is 5.26 Å². The van der Waals surface area contributed by atoms with Crippen LogP contribution in [0.3, 0.4) is 0 Å². The van der Waals surface area contributed by atoms with Crippen molar-refractivity contribution in [2.75, 3.05) is 19.5 Å². The van der Waals surface area contributed by atoms with E-state index in [-0.39, 0.29) is 29.3 Å². The molecular weight excluding hydrogens is 524 g/mol. The Kier molecular flexibility index (Phi) is 7.69. The second-order valence-corrected chi connectivity index (χ2v) is 8.93. The van der Waals surface area contributed by atoms with E-state index in [0.717, 1.165) is 0 Å². The topological polar surface area (TPSA) is 129 Å². The first kappa shape index (κ1) is 27.0. The lowest BCUT2D eigenvalue weighted by atomic mass is 10.1. The summed E-state index contributed by atoms with van der Waals surface area (Å²) in [6.45, 7) is 1.75. The number of ether oxygens (including phenoxy) is 3. The smallest absolute Gasteiger partial charge is 0.266 e. The molecule has 5 rings (SSSR count). The zero-order valence-corrected chi connectivity index (χ0v) is 22.6. The lowest BCUT2D eigenvalue weighted by molar-refractivity contribution is -0.122. The number of carbonyl (C=O) groups excluding carboxylic acids is 1. The number of hydrogen-bond donors (Lipinski definition) is 1. The molecule has 1 unspecified atom stereocenters. The first-order valence-electron chi connectivity index (χ1n) is 12.8. The summed E-state index contributed by atoms with van der Waals surface area (Å²) in [5, 5.41) is 17.0. The van der Waals surface area contributed by atoms with Crippen LogP contribution in [-0.2, 0) is 4.79 Å². The number of benzene rings is 3. The first-order chi connectivity index (χ1) is 20.0. The highest BCUT2D eigenvalue weighted by atomic mass is 16.5. The van der Waals surface area contributed by atoms with Gasteiger partial charge in [0, 0.05) is 5.56 Å². The quantitative estimate of drug-likeness (QED) is 0.261. The summed E-state index contributed by atoms with van der Waals surface area (Å²) in [6.07, 6.45) is 0.478. The van der Waals surface area contributed by atoms with Crippen molar-refractivity contribution in [3.8, 4) is 40.3 Å². The van der Waals surface area contributed by atoms with Gasteiger partial charge in [0.05, 0.1) is 31.5 Å². The molecule has 0 spiro atoms. The van der Waals surface area contributed by atoms with Crippen LogP contribution < -0.4 is 25.0 Å². The summed E-state index contributed by atoms with van der Waals surface area (Å²) >= 11 is 0. The second kappa shape index (κ2) is 11.7. The van der Waals surface area contributed by atoms with Gasteiger partial charge in [-0.05, 0) is 48.9 Å². The van der Waals surface area contributed by atoms with Crippen molar-refractivity contribution in [2.24, 2.45) is 0 Å². The van der Waals surface area contributed by atoms with Crippen molar-refractivity contribution in [1.82, 2.24) is 9.78 Å². The van der Waals surface area contributed by atoms with Crippen LogP contribution in [0.5, 0.6) is 17.2 Å². The van der Waals surface area contributed by atoms with Gasteiger partial charge in [0.25, 0.3) is 5.91 Å². The Labute approximate surface area is 235 Å². The predicted molar refractivity (Wildman–Crippen MR) is 153 cm³/mol. The highest BCUT2D eigenvalue weighted by Gasteiger charge is 2.27. The Morgan fingerprint density at radius 2 is 1.78 bits per heavy atom. The molecule has 0 fully saturated rings. The fourth-order valence-electron chi connectivity index (χ4n) is 4.38. The van der Waals surface area contributed by atoms with E-state index in [4.69, 9.17) is 18.6 Å². The first-order valence-corrected chi connectivity index (χ1v) is 12.8. The number of nitrogens with zero attached hydrogens (tertiary/aromatic N) is 3. The number of carbonyl (C=O) groups is 1. The summed E-state index contributed by atoms with van der Waals surface area (Å²) in [7, 11) is 3.02. The number of fused-ring (bicyclic) bond motifs is 1. The maximum atomic E-state index is 13.7. The molecule has 10 nitrogen and oxygen atoms in total. The highest BCUT2D eigenvalue weighted by molar-refractivity contribution is 5.95. The summed E-state index contributed by atoms with van der Waals surface area (Å²) < 4.78 is 24.6. The third-order valence-corrected chi connectivity index (χ3v) is 6.46. The molecule has 3 aromatic carbocycles. The molecule has 41 heavy (non-hydrogen) atoms. The van der Waals surface area contributed by atoms with Crippen LogP contribution in [0.2, 0.25) is 0 Å². The lowest BCUT2D eigenvalue weighted by Gasteiger charge is -2.19. The standard InChI is InChI=1S/C31H26N4O6/c1-4-23(31(37)34-30-20(17-32)18-33-35(30)21-10-6-5-7-11-21)40-29-27(36)22-12-8-9-13-24(22)41-28(29)19-14-15-25(38-2)26(16-19)39-3/h5-16,18,23H,4H2,1-3H3,(H,34,37). The second-order valence-electron chi connectivity index (χ2n) is 8.93. The zero-order valence-electron chi connectivity index (χ0n) is 22.6. The maximum Gasteiger partial charge on any atom is 0.266 e. The molecule has 10 heteroatoms. The van der Waals surface area contributed by atoms with Crippen molar-refractivity contribution < 1.29 is 23.4 Å². The van der Waals surface area contributed by atoms with E-state index in [1.165, 1.54) is 25.1 Å².